The number of nitrogens with one attached hydrogen (secondary N) is 1. The van der Waals surface area contributed by atoms with Crippen LogP contribution in [0.2, 0.25) is 5.02 Å². The molecular formula is C18H18ClNO5. The number of hydrogen-bond donors (Lipinski definition) is 1. The molecule has 2 rings (SSSR count). The Labute approximate surface area is 150 Å². The Balaban J connectivity index is 1.93. The summed E-state index contributed by atoms with van der Waals surface area (Å²) in [5.74, 6) is -0.0129. The van der Waals surface area contributed by atoms with Gasteiger partial charge in [-0.2, -0.15) is 0 Å². The predicted octanol–water partition coefficient (Wildman–Crippen LogP) is 3.46. The maximum Gasteiger partial charge on any atom is 0.338 e. The second-order valence-corrected chi connectivity index (χ2v) is 5.57. The van der Waals surface area contributed by atoms with Crippen molar-refractivity contribution in [1.82, 2.24) is 0 Å². The standard InChI is InChI=1S/C18H18ClNO5/c1-11-4-5-12(8-16(11)24-3)18(22)25-10-17(21)20-13-6-7-15(23-2)14(19)9-13/h4-9H,10H2,1-3H3,(H,20,21). The molecule has 6 nitrogen and oxygen atoms in total. The van der Waals surface area contributed by atoms with E-state index < -0.39 is 18.5 Å². The second-order valence-electron chi connectivity index (χ2n) is 5.16. The van der Waals surface area contributed by atoms with E-state index in [1.54, 1.807) is 36.4 Å². The second kappa shape index (κ2) is 8.39. The molecule has 0 aliphatic carbocycles. The SMILES string of the molecule is COc1cc(C(=O)OCC(=O)Nc2ccc(OC)c(Cl)c2)ccc1C. The lowest BCUT2D eigenvalue weighted by molar-refractivity contribution is -0.119. The summed E-state index contributed by atoms with van der Waals surface area (Å²) in [6.07, 6.45) is 0. The van der Waals surface area contributed by atoms with Crippen LogP contribution < -0.4 is 14.8 Å². The highest BCUT2D eigenvalue weighted by Crippen LogP contribution is 2.27. The van der Waals surface area contributed by atoms with E-state index in [0.717, 1.165) is 5.56 Å². The molecule has 25 heavy (non-hydrogen) atoms. The molecule has 1 N–H and O–H groups in total. The zero-order valence-electron chi connectivity index (χ0n) is 14.1. The van der Waals surface area contributed by atoms with Gasteiger partial charge in [-0.25, -0.2) is 4.79 Å². The molecule has 0 heterocycles. The molecule has 0 aliphatic heterocycles. The third-order valence-corrected chi connectivity index (χ3v) is 3.71. The fraction of sp³-hybridized carbons (Fsp3) is 0.222. The van der Waals surface area contributed by atoms with Crippen molar-refractivity contribution in [1.29, 1.82) is 0 Å². The van der Waals surface area contributed by atoms with Gasteiger partial charge in [0.2, 0.25) is 0 Å². The van der Waals surface area contributed by atoms with Gasteiger partial charge >= 0.3 is 5.97 Å². The fourth-order valence-corrected chi connectivity index (χ4v) is 2.36. The van der Waals surface area contributed by atoms with E-state index in [1.807, 2.05) is 6.92 Å². The molecule has 2 aromatic rings. The zero-order valence-corrected chi connectivity index (χ0v) is 14.8. The molecule has 7 heteroatoms. The summed E-state index contributed by atoms with van der Waals surface area (Å²) >= 11 is 5.99. The molecule has 1 amide bonds. The molecule has 2 aromatic carbocycles. The molecule has 0 saturated heterocycles. The summed E-state index contributed by atoms with van der Waals surface area (Å²) in [5.41, 5.74) is 1.68. The average molecular weight is 364 g/mol. The number of carbonyl (C=O) groups excluding carboxylic acids is 2. The van der Waals surface area contributed by atoms with Crippen LogP contribution in [0.25, 0.3) is 0 Å². The molecule has 0 aromatic heterocycles. The number of anilines is 1. The number of halogens is 1. The smallest absolute Gasteiger partial charge is 0.338 e. The Morgan fingerprint density at radius 2 is 1.76 bits per heavy atom. The average Bonchev–Trinajstić information content (AvgIpc) is 2.60. The van der Waals surface area contributed by atoms with Gasteiger partial charge in [-0.15, -0.1) is 0 Å². The van der Waals surface area contributed by atoms with Crippen molar-refractivity contribution in [2.75, 3.05) is 26.1 Å². The number of amides is 1. The minimum atomic E-state index is -0.610. The van der Waals surface area contributed by atoms with Crippen LogP contribution in [0, 0.1) is 6.92 Å². The molecule has 0 unspecified atom stereocenters. The number of rotatable bonds is 6. The van der Waals surface area contributed by atoms with E-state index in [4.69, 9.17) is 25.8 Å². The molecule has 0 bridgehead atoms. The Morgan fingerprint density at radius 3 is 2.40 bits per heavy atom. The van der Waals surface area contributed by atoms with E-state index >= 15 is 0 Å². The van der Waals surface area contributed by atoms with Gasteiger partial charge in [0.1, 0.15) is 11.5 Å². The number of hydrogen-bond acceptors (Lipinski definition) is 5. The van der Waals surface area contributed by atoms with Crippen LogP contribution >= 0.6 is 11.6 Å². The van der Waals surface area contributed by atoms with Gasteiger partial charge in [0.05, 0.1) is 24.8 Å². The molecule has 0 spiro atoms. The Kier molecular flexibility index (Phi) is 6.25. The van der Waals surface area contributed by atoms with E-state index in [0.29, 0.717) is 27.8 Å². The summed E-state index contributed by atoms with van der Waals surface area (Å²) in [5, 5.41) is 2.96. The third kappa shape index (κ3) is 4.87. The van der Waals surface area contributed by atoms with Gasteiger partial charge in [-0.05, 0) is 42.8 Å². The van der Waals surface area contributed by atoms with Gasteiger partial charge in [-0.1, -0.05) is 17.7 Å². The highest BCUT2D eigenvalue weighted by atomic mass is 35.5. The first-order valence-corrected chi connectivity index (χ1v) is 7.77. The summed E-state index contributed by atoms with van der Waals surface area (Å²) < 4.78 is 15.2. The molecule has 0 saturated carbocycles. The van der Waals surface area contributed by atoms with Crippen LogP contribution in [0.4, 0.5) is 5.69 Å². The van der Waals surface area contributed by atoms with Crippen LogP contribution in [0.15, 0.2) is 36.4 Å². The van der Waals surface area contributed by atoms with Crippen molar-refractivity contribution in [2.45, 2.75) is 6.92 Å². The minimum absolute atomic E-state index is 0.308. The van der Waals surface area contributed by atoms with Gasteiger partial charge in [0.25, 0.3) is 5.91 Å². The normalized spacial score (nSPS) is 10.1. The van der Waals surface area contributed by atoms with E-state index in [9.17, 15) is 9.59 Å². The van der Waals surface area contributed by atoms with Crippen molar-refractivity contribution < 1.29 is 23.8 Å². The quantitative estimate of drug-likeness (QED) is 0.795. The van der Waals surface area contributed by atoms with Crippen molar-refractivity contribution in [3.63, 3.8) is 0 Å². The number of carbonyl (C=O) groups is 2. The van der Waals surface area contributed by atoms with Crippen molar-refractivity contribution in [3.05, 3.63) is 52.5 Å². The van der Waals surface area contributed by atoms with Crippen LogP contribution in [0.3, 0.4) is 0 Å². The van der Waals surface area contributed by atoms with Crippen LogP contribution in [-0.2, 0) is 9.53 Å². The molecular weight excluding hydrogens is 346 g/mol. The minimum Gasteiger partial charge on any atom is -0.496 e. The Bertz CT molecular complexity index is 791. The van der Waals surface area contributed by atoms with Crippen LogP contribution in [-0.4, -0.2) is 32.7 Å². The summed E-state index contributed by atoms with van der Waals surface area (Å²) in [6, 6.07) is 9.73. The van der Waals surface area contributed by atoms with Crippen molar-refractivity contribution >= 4 is 29.2 Å². The van der Waals surface area contributed by atoms with Crippen LogP contribution in [0.5, 0.6) is 11.5 Å². The molecule has 0 atom stereocenters. The monoisotopic (exact) mass is 363 g/mol. The van der Waals surface area contributed by atoms with E-state index in [2.05, 4.69) is 5.32 Å². The van der Waals surface area contributed by atoms with Crippen molar-refractivity contribution in [2.24, 2.45) is 0 Å². The van der Waals surface area contributed by atoms with Crippen LogP contribution in [0.1, 0.15) is 15.9 Å². The number of methoxy groups -OCH3 is 2. The van der Waals surface area contributed by atoms with Gasteiger partial charge in [0.15, 0.2) is 6.61 Å². The zero-order chi connectivity index (χ0) is 18.4. The summed E-state index contributed by atoms with van der Waals surface area (Å²) in [6.45, 7) is 1.44. The lowest BCUT2D eigenvalue weighted by Gasteiger charge is -2.10. The highest BCUT2D eigenvalue weighted by Gasteiger charge is 2.13. The number of ether oxygens (including phenoxy) is 3. The first-order valence-electron chi connectivity index (χ1n) is 7.39. The highest BCUT2D eigenvalue weighted by molar-refractivity contribution is 6.32. The van der Waals surface area contributed by atoms with Gasteiger partial charge < -0.3 is 19.5 Å². The number of aryl methyl sites for hydroxylation is 1. The third-order valence-electron chi connectivity index (χ3n) is 3.41. The fourth-order valence-electron chi connectivity index (χ4n) is 2.10. The van der Waals surface area contributed by atoms with E-state index in [-0.39, 0.29) is 0 Å². The maximum atomic E-state index is 12.0. The predicted molar refractivity (Wildman–Crippen MR) is 94.6 cm³/mol. The summed E-state index contributed by atoms with van der Waals surface area (Å²) in [7, 11) is 3.02. The topological polar surface area (TPSA) is 73.9 Å². The Hall–Kier alpha value is -2.73. The molecule has 0 aliphatic rings. The van der Waals surface area contributed by atoms with Gasteiger partial charge in [0, 0.05) is 5.69 Å². The molecule has 132 valence electrons. The lowest BCUT2D eigenvalue weighted by atomic mass is 10.1. The summed E-state index contributed by atoms with van der Waals surface area (Å²) in [4.78, 5) is 23.9. The first kappa shape index (κ1) is 18.6. The van der Waals surface area contributed by atoms with Gasteiger partial charge in [-0.3, -0.25) is 4.79 Å². The largest absolute Gasteiger partial charge is 0.496 e. The lowest BCUT2D eigenvalue weighted by Crippen LogP contribution is -2.21. The number of esters is 1. The number of benzene rings is 2. The Morgan fingerprint density at radius 1 is 1.04 bits per heavy atom. The molecule has 0 fully saturated rings. The van der Waals surface area contributed by atoms with Crippen molar-refractivity contribution in [3.8, 4) is 11.5 Å². The van der Waals surface area contributed by atoms with E-state index in [1.165, 1.54) is 14.2 Å². The molecule has 0 radical (unpaired) electrons. The first-order chi connectivity index (χ1) is 11.9. The maximum absolute atomic E-state index is 12.0.